The summed E-state index contributed by atoms with van der Waals surface area (Å²) in [6.07, 6.45) is 3.88. The molecule has 0 spiro atoms. The zero-order chi connectivity index (χ0) is 25.9. The topological polar surface area (TPSA) is 100 Å². The number of carbonyl (C=O) groups excluding carboxylic acids is 1. The smallest absolute Gasteiger partial charge is 0.227 e. The molecule has 1 fully saturated rings. The third-order valence-corrected chi connectivity index (χ3v) is 7.61. The molecule has 9 heteroatoms. The molecule has 4 aromatic rings. The fourth-order valence-electron chi connectivity index (χ4n) is 4.79. The van der Waals surface area contributed by atoms with Crippen LogP contribution in [0.2, 0.25) is 0 Å². The van der Waals surface area contributed by atoms with E-state index in [4.69, 9.17) is 15.7 Å². The van der Waals surface area contributed by atoms with E-state index in [1.807, 2.05) is 29.2 Å². The van der Waals surface area contributed by atoms with E-state index in [1.54, 1.807) is 6.20 Å². The monoisotopic (exact) mass is 515 g/mol. The molecule has 3 N–H and O–H groups in total. The highest BCUT2D eigenvalue weighted by Gasteiger charge is 2.23. The van der Waals surface area contributed by atoms with Crippen LogP contribution in [0.25, 0.3) is 10.3 Å². The number of carbonyl (C=O) groups is 1. The maximum absolute atomic E-state index is 12.6. The second-order valence-corrected chi connectivity index (χ2v) is 10.5. The van der Waals surface area contributed by atoms with Gasteiger partial charge >= 0.3 is 0 Å². The van der Waals surface area contributed by atoms with Gasteiger partial charge in [-0.15, -0.1) is 0 Å². The van der Waals surface area contributed by atoms with E-state index >= 15 is 0 Å². The van der Waals surface area contributed by atoms with Crippen LogP contribution in [0.15, 0.2) is 48.7 Å². The number of hydrogen-bond donors (Lipinski definition) is 2. The lowest BCUT2D eigenvalue weighted by molar-refractivity contribution is -0.129. The van der Waals surface area contributed by atoms with Gasteiger partial charge in [-0.05, 0) is 68.1 Å². The Hall–Kier alpha value is -3.56. The van der Waals surface area contributed by atoms with Crippen LogP contribution in [0.4, 0.5) is 22.5 Å². The van der Waals surface area contributed by atoms with E-state index in [0.29, 0.717) is 23.9 Å². The Morgan fingerprint density at radius 1 is 1.19 bits per heavy atom. The Morgan fingerprint density at radius 2 is 2.05 bits per heavy atom. The molecule has 1 unspecified atom stereocenters. The average molecular weight is 516 g/mol. The summed E-state index contributed by atoms with van der Waals surface area (Å²) in [5.74, 6) is 1.66. The molecule has 1 aliphatic heterocycles. The molecule has 4 heterocycles. The summed E-state index contributed by atoms with van der Waals surface area (Å²) >= 11 is 1.49. The number of fused-ring (bicyclic) bond motifs is 1. The predicted octanol–water partition coefficient (Wildman–Crippen LogP) is 4.96. The largest absolute Gasteiger partial charge is 0.341 e. The van der Waals surface area contributed by atoms with Crippen molar-refractivity contribution in [3.63, 3.8) is 0 Å². The van der Waals surface area contributed by atoms with Crippen molar-refractivity contribution in [2.45, 2.75) is 46.1 Å². The van der Waals surface area contributed by atoms with E-state index in [-0.39, 0.29) is 11.9 Å². The van der Waals surface area contributed by atoms with Gasteiger partial charge < -0.3 is 20.9 Å². The van der Waals surface area contributed by atoms with Crippen molar-refractivity contribution >= 4 is 50.0 Å². The van der Waals surface area contributed by atoms with Gasteiger partial charge in [-0.25, -0.2) is 15.0 Å². The van der Waals surface area contributed by atoms with Crippen molar-refractivity contribution in [2.75, 3.05) is 29.9 Å². The molecule has 1 aromatic carbocycles. The predicted molar refractivity (Wildman–Crippen MR) is 151 cm³/mol. The fraction of sp³-hybridized carbons (Fsp3) is 0.357. The maximum Gasteiger partial charge on any atom is 0.227 e. The molecule has 5 rings (SSSR count). The number of thiazole rings is 1. The van der Waals surface area contributed by atoms with Crippen LogP contribution in [0.3, 0.4) is 0 Å². The Labute approximate surface area is 221 Å². The van der Waals surface area contributed by atoms with Crippen LogP contribution in [0, 0.1) is 6.92 Å². The average Bonchev–Trinajstić information content (AvgIpc) is 3.50. The molecule has 1 amide bonds. The molecule has 1 aliphatic rings. The van der Waals surface area contributed by atoms with Crippen LogP contribution in [0.5, 0.6) is 0 Å². The minimum atomic E-state index is 0.0850. The first-order valence-corrected chi connectivity index (χ1v) is 13.6. The van der Waals surface area contributed by atoms with Gasteiger partial charge in [0.15, 0.2) is 5.13 Å². The van der Waals surface area contributed by atoms with E-state index in [2.05, 4.69) is 54.2 Å². The van der Waals surface area contributed by atoms with Gasteiger partial charge in [-0.1, -0.05) is 36.0 Å². The zero-order valence-electron chi connectivity index (χ0n) is 21.6. The Morgan fingerprint density at radius 3 is 2.81 bits per heavy atom. The summed E-state index contributed by atoms with van der Waals surface area (Å²) in [6.45, 7) is 8.64. The number of nitrogens with zero attached hydrogens (tertiary/aromatic N) is 5. The molecule has 0 saturated carbocycles. The van der Waals surface area contributed by atoms with Crippen molar-refractivity contribution in [1.82, 2.24) is 19.9 Å². The summed E-state index contributed by atoms with van der Waals surface area (Å²) in [6, 6.07) is 14.5. The van der Waals surface area contributed by atoms with Gasteiger partial charge in [0.25, 0.3) is 0 Å². The van der Waals surface area contributed by atoms with Crippen molar-refractivity contribution in [1.29, 1.82) is 0 Å². The molecular formula is C28H33N7OS. The van der Waals surface area contributed by atoms with E-state index in [1.165, 1.54) is 28.2 Å². The molecule has 0 aliphatic carbocycles. The number of nitrogens with two attached hydrogens (primary N) is 1. The molecular weight excluding hydrogens is 482 g/mol. The molecule has 0 bridgehead atoms. The third-order valence-electron chi connectivity index (χ3n) is 6.73. The summed E-state index contributed by atoms with van der Waals surface area (Å²) in [7, 11) is 0. The number of rotatable bonds is 8. The summed E-state index contributed by atoms with van der Waals surface area (Å²) < 4.78 is 0. The number of anilines is 4. The zero-order valence-corrected chi connectivity index (χ0v) is 22.4. The molecule has 192 valence electrons. The van der Waals surface area contributed by atoms with Crippen molar-refractivity contribution < 1.29 is 4.79 Å². The first kappa shape index (κ1) is 25.1. The molecule has 8 nitrogen and oxygen atoms in total. The highest BCUT2D eigenvalue weighted by Crippen LogP contribution is 2.32. The maximum atomic E-state index is 12.6. The normalized spacial score (nSPS) is 15.4. The van der Waals surface area contributed by atoms with Gasteiger partial charge in [0.1, 0.15) is 22.0 Å². The van der Waals surface area contributed by atoms with Gasteiger partial charge in [-0.2, -0.15) is 0 Å². The van der Waals surface area contributed by atoms with Gasteiger partial charge in [-0.3, -0.25) is 4.79 Å². The summed E-state index contributed by atoms with van der Waals surface area (Å²) in [4.78, 5) is 31.7. The van der Waals surface area contributed by atoms with Crippen LogP contribution in [0.1, 0.15) is 37.0 Å². The Kier molecular flexibility index (Phi) is 7.34. The van der Waals surface area contributed by atoms with Crippen LogP contribution >= 0.6 is 11.3 Å². The minimum Gasteiger partial charge on any atom is -0.341 e. The SMILES string of the molecule is CCc1cc(C)ccc1N(CC)c1ccc2nc(Nc3cc(CC(=O)N4CCC(N)C4)ccn3)sc2n1. The Bertz CT molecular complexity index is 1420. The number of nitrogens with one attached hydrogen (secondary N) is 1. The fourth-order valence-corrected chi connectivity index (χ4v) is 5.63. The molecule has 1 saturated heterocycles. The molecule has 37 heavy (non-hydrogen) atoms. The standard InChI is InChI=1S/C28H33N7OS/c1-4-20-14-18(3)6-8-23(20)35(5-2)25-9-7-22-27(33-25)37-28(31-22)32-24-15-19(10-12-30-24)16-26(36)34-13-11-21(29)17-34/h6-10,12,14-15,21H,4-5,11,13,16-17,29H2,1-3H3,(H,30,31,32). The number of aryl methyl sites for hydroxylation is 2. The summed E-state index contributed by atoms with van der Waals surface area (Å²) in [5, 5.41) is 4.02. The third kappa shape index (κ3) is 5.57. The van der Waals surface area contributed by atoms with Crippen LogP contribution < -0.4 is 16.0 Å². The number of pyridine rings is 2. The minimum absolute atomic E-state index is 0.0850. The van der Waals surface area contributed by atoms with Crippen LogP contribution in [-0.2, 0) is 17.6 Å². The summed E-state index contributed by atoms with van der Waals surface area (Å²) in [5.41, 5.74) is 11.5. The van der Waals surface area contributed by atoms with Gasteiger partial charge in [0, 0.05) is 37.6 Å². The molecule has 3 aromatic heterocycles. The first-order valence-electron chi connectivity index (χ1n) is 12.8. The lowest BCUT2D eigenvalue weighted by atomic mass is 10.1. The van der Waals surface area contributed by atoms with Crippen molar-refractivity contribution in [2.24, 2.45) is 5.73 Å². The lowest BCUT2D eigenvalue weighted by Gasteiger charge is -2.25. The van der Waals surface area contributed by atoms with Gasteiger partial charge in [0.05, 0.1) is 6.42 Å². The molecule has 0 radical (unpaired) electrons. The number of benzene rings is 1. The Balaban J connectivity index is 1.34. The number of hydrogen-bond acceptors (Lipinski definition) is 8. The van der Waals surface area contributed by atoms with E-state index in [0.717, 1.165) is 47.7 Å². The quantitative estimate of drug-likeness (QED) is 0.342. The number of amides is 1. The van der Waals surface area contributed by atoms with Crippen molar-refractivity contribution in [3.8, 4) is 0 Å². The van der Waals surface area contributed by atoms with E-state index < -0.39 is 0 Å². The van der Waals surface area contributed by atoms with Crippen LogP contribution in [-0.4, -0.2) is 51.4 Å². The lowest BCUT2D eigenvalue weighted by Crippen LogP contribution is -2.32. The van der Waals surface area contributed by atoms with Gasteiger partial charge in [0.2, 0.25) is 5.91 Å². The molecule has 1 atom stereocenters. The second-order valence-electron chi connectivity index (χ2n) is 9.48. The highest BCUT2D eigenvalue weighted by molar-refractivity contribution is 7.21. The van der Waals surface area contributed by atoms with Crippen molar-refractivity contribution in [3.05, 3.63) is 65.4 Å². The highest BCUT2D eigenvalue weighted by atomic mass is 32.1. The second kappa shape index (κ2) is 10.8. The number of aromatic nitrogens is 3. The first-order chi connectivity index (χ1) is 17.9. The number of likely N-dealkylation sites (tertiary alicyclic amines) is 1. The van der Waals surface area contributed by atoms with E-state index in [9.17, 15) is 4.79 Å².